The number of anilines is 1. The molecular weight excluding hydrogens is 424 g/mol. The molecule has 3 aromatic rings. The smallest absolute Gasteiger partial charge is 0.272 e. The summed E-state index contributed by atoms with van der Waals surface area (Å²) in [6.07, 6.45) is 2.80. The quantitative estimate of drug-likeness (QED) is 0.471. The van der Waals surface area contributed by atoms with E-state index in [4.69, 9.17) is 4.74 Å². The summed E-state index contributed by atoms with van der Waals surface area (Å²) < 4.78 is 5.34. The van der Waals surface area contributed by atoms with Gasteiger partial charge in [0.1, 0.15) is 17.6 Å². The van der Waals surface area contributed by atoms with Gasteiger partial charge in [0.15, 0.2) is 12.3 Å². The molecule has 1 aliphatic heterocycles. The predicted octanol–water partition coefficient (Wildman–Crippen LogP) is 2.38. The molecule has 0 bridgehead atoms. The van der Waals surface area contributed by atoms with Crippen molar-refractivity contribution in [1.82, 2.24) is 25.6 Å². The zero-order chi connectivity index (χ0) is 23.8. The van der Waals surface area contributed by atoms with E-state index in [0.29, 0.717) is 28.0 Å². The third-order valence-corrected chi connectivity index (χ3v) is 5.70. The number of rotatable bonds is 5. The second kappa shape index (κ2) is 8.53. The summed E-state index contributed by atoms with van der Waals surface area (Å²) >= 11 is 0. The fourth-order valence-electron chi connectivity index (χ4n) is 3.28. The molecule has 3 heterocycles. The highest BCUT2D eigenvalue weighted by Gasteiger charge is 2.25. The minimum Gasteiger partial charge on any atom is -0.482 e. The summed E-state index contributed by atoms with van der Waals surface area (Å²) in [6.45, 7) is 8.27. The molecule has 0 saturated heterocycles. The molecule has 10 heteroatoms. The largest absolute Gasteiger partial charge is 0.482 e. The Hall–Kier alpha value is -3.95. The number of carbonyl (C=O) groups is 3. The van der Waals surface area contributed by atoms with Gasteiger partial charge in [0.05, 0.1) is 16.8 Å². The molecule has 172 valence electrons. The van der Waals surface area contributed by atoms with Gasteiger partial charge in [-0.2, -0.15) is 0 Å². The summed E-state index contributed by atoms with van der Waals surface area (Å²) in [4.78, 5) is 48.4. The van der Waals surface area contributed by atoms with E-state index in [2.05, 4.69) is 30.9 Å². The summed E-state index contributed by atoms with van der Waals surface area (Å²) in [6, 6.07) is 5.23. The molecular formula is C23H26N6O4. The highest BCUT2D eigenvalue weighted by molar-refractivity contribution is 6.10. The lowest BCUT2D eigenvalue weighted by Crippen LogP contribution is -2.41. The van der Waals surface area contributed by atoms with Crippen molar-refractivity contribution >= 4 is 34.4 Å². The molecule has 0 spiro atoms. The van der Waals surface area contributed by atoms with Crippen LogP contribution in [0.5, 0.6) is 5.75 Å². The molecule has 0 radical (unpaired) electrons. The maximum Gasteiger partial charge on any atom is 0.272 e. The third kappa shape index (κ3) is 4.64. The van der Waals surface area contributed by atoms with Crippen molar-refractivity contribution in [2.24, 2.45) is 5.41 Å². The second-order valence-corrected chi connectivity index (χ2v) is 9.06. The number of ether oxygens (including phenoxy) is 1. The summed E-state index contributed by atoms with van der Waals surface area (Å²) in [5, 5.41) is 8.53. The van der Waals surface area contributed by atoms with Crippen molar-refractivity contribution in [2.45, 2.75) is 40.3 Å². The molecule has 0 unspecified atom stereocenters. The number of H-pyrrole nitrogens is 1. The van der Waals surface area contributed by atoms with Gasteiger partial charge >= 0.3 is 0 Å². The van der Waals surface area contributed by atoms with Crippen molar-refractivity contribution in [1.29, 1.82) is 0 Å². The van der Waals surface area contributed by atoms with Gasteiger partial charge in [-0.1, -0.05) is 26.8 Å². The van der Waals surface area contributed by atoms with E-state index in [1.807, 2.05) is 27.7 Å². The van der Waals surface area contributed by atoms with Crippen LogP contribution in [0.2, 0.25) is 0 Å². The number of nitrogens with one attached hydrogen (secondary N) is 4. The van der Waals surface area contributed by atoms with E-state index in [0.717, 1.165) is 5.56 Å². The first-order chi connectivity index (χ1) is 15.6. The Labute approximate surface area is 190 Å². The van der Waals surface area contributed by atoms with Crippen LogP contribution < -0.4 is 20.7 Å². The number of fused-ring (bicyclic) bond motifs is 2. The topological polar surface area (TPSA) is 138 Å². The first-order valence-corrected chi connectivity index (χ1v) is 10.6. The number of carbonyl (C=O) groups excluding carboxylic acids is 3. The van der Waals surface area contributed by atoms with Crippen LogP contribution in [0.25, 0.3) is 11.0 Å². The molecule has 1 atom stereocenters. The summed E-state index contributed by atoms with van der Waals surface area (Å²) in [5.41, 5.74) is 2.48. The Bertz CT molecular complexity index is 1240. The van der Waals surface area contributed by atoms with E-state index >= 15 is 0 Å². The van der Waals surface area contributed by atoms with E-state index in [9.17, 15) is 14.4 Å². The average molecular weight is 450 g/mol. The van der Waals surface area contributed by atoms with Gasteiger partial charge in [0.2, 0.25) is 0 Å². The molecule has 4 rings (SSSR count). The Morgan fingerprint density at radius 3 is 2.76 bits per heavy atom. The van der Waals surface area contributed by atoms with E-state index in [1.54, 1.807) is 18.2 Å². The van der Waals surface area contributed by atoms with Gasteiger partial charge in [-0.3, -0.25) is 14.4 Å². The van der Waals surface area contributed by atoms with Crippen LogP contribution in [-0.4, -0.2) is 45.3 Å². The summed E-state index contributed by atoms with van der Waals surface area (Å²) in [5.74, 6) is -0.333. The standard InChI is InChI=1S/C23H26N6O4/c1-12(23(2,3)4)28-21(31)14-9-24-19-18(14)26-11-27-20(19)22(32)25-8-13-5-6-16-15(7-13)29-17(30)10-33-16/h5-7,9,11-12,24H,8,10H2,1-4H3,(H,25,32)(H,28,31)(H,29,30)/t12-/m1/s1. The number of benzene rings is 1. The van der Waals surface area contributed by atoms with Crippen molar-refractivity contribution < 1.29 is 19.1 Å². The Morgan fingerprint density at radius 2 is 2.00 bits per heavy atom. The van der Waals surface area contributed by atoms with E-state index in [1.165, 1.54) is 12.5 Å². The van der Waals surface area contributed by atoms with Gasteiger partial charge in [0, 0.05) is 18.8 Å². The van der Waals surface area contributed by atoms with E-state index in [-0.39, 0.29) is 42.1 Å². The van der Waals surface area contributed by atoms with Crippen LogP contribution in [0.3, 0.4) is 0 Å². The highest BCUT2D eigenvalue weighted by Crippen LogP contribution is 2.28. The Balaban J connectivity index is 1.50. The second-order valence-electron chi connectivity index (χ2n) is 9.06. The van der Waals surface area contributed by atoms with Gasteiger partial charge in [0.25, 0.3) is 17.7 Å². The monoisotopic (exact) mass is 450 g/mol. The Morgan fingerprint density at radius 1 is 1.21 bits per heavy atom. The first kappa shape index (κ1) is 22.3. The molecule has 3 amide bonds. The molecule has 4 N–H and O–H groups in total. The molecule has 10 nitrogen and oxygen atoms in total. The lowest BCUT2D eigenvalue weighted by atomic mass is 9.88. The SMILES string of the molecule is C[C@@H](NC(=O)c1c[nH]c2c(C(=O)NCc3ccc4c(c3)NC(=O)CO4)ncnc12)C(C)(C)C. The van der Waals surface area contributed by atoms with Crippen LogP contribution in [-0.2, 0) is 11.3 Å². The first-order valence-electron chi connectivity index (χ1n) is 10.6. The van der Waals surface area contributed by atoms with Gasteiger partial charge in [-0.15, -0.1) is 0 Å². The maximum atomic E-state index is 12.8. The maximum absolute atomic E-state index is 12.8. The number of amides is 3. The van der Waals surface area contributed by atoms with Crippen LogP contribution in [0.15, 0.2) is 30.7 Å². The zero-order valence-corrected chi connectivity index (χ0v) is 18.9. The fraction of sp³-hybridized carbons (Fsp3) is 0.348. The number of nitrogens with zero attached hydrogens (tertiary/aromatic N) is 2. The molecule has 2 aromatic heterocycles. The van der Waals surface area contributed by atoms with Crippen molar-refractivity contribution in [2.75, 3.05) is 11.9 Å². The van der Waals surface area contributed by atoms with Gasteiger partial charge in [-0.25, -0.2) is 9.97 Å². The van der Waals surface area contributed by atoms with Crippen LogP contribution in [0, 0.1) is 5.41 Å². The van der Waals surface area contributed by atoms with Crippen LogP contribution in [0.1, 0.15) is 54.1 Å². The number of aromatic amines is 1. The van der Waals surface area contributed by atoms with Gasteiger partial charge < -0.3 is 25.7 Å². The Kier molecular flexibility index (Phi) is 5.75. The summed E-state index contributed by atoms with van der Waals surface area (Å²) in [7, 11) is 0. The normalized spacial score (nSPS) is 14.1. The molecule has 0 aliphatic carbocycles. The number of aromatic nitrogens is 3. The lowest BCUT2D eigenvalue weighted by Gasteiger charge is -2.27. The van der Waals surface area contributed by atoms with Gasteiger partial charge in [-0.05, 0) is 30.0 Å². The van der Waals surface area contributed by atoms with Crippen LogP contribution in [0.4, 0.5) is 5.69 Å². The zero-order valence-electron chi connectivity index (χ0n) is 18.9. The lowest BCUT2D eigenvalue weighted by molar-refractivity contribution is -0.118. The molecule has 1 aromatic carbocycles. The van der Waals surface area contributed by atoms with Crippen molar-refractivity contribution in [3.05, 3.63) is 47.5 Å². The molecule has 0 fully saturated rings. The minimum absolute atomic E-state index is 0.0158. The fourth-order valence-corrected chi connectivity index (χ4v) is 3.28. The molecule has 0 saturated carbocycles. The van der Waals surface area contributed by atoms with Crippen molar-refractivity contribution in [3.63, 3.8) is 0 Å². The number of hydrogen-bond acceptors (Lipinski definition) is 6. The van der Waals surface area contributed by atoms with Crippen molar-refractivity contribution in [3.8, 4) is 5.75 Å². The van der Waals surface area contributed by atoms with E-state index < -0.39 is 5.91 Å². The molecule has 1 aliphatic rings. The minimum atomic E-state index is -0.419. The number of hydrogen-bond donors (Lipinski definition) is 4. The highest BCUT2D eigenvalue weighted by atomic mass is 16.5. The average Bonchev–Trinajstić information content (AvgIpc) is 3.20. The predicted molar refractivity (Wildman–Crippen MR) is 122 cm³/mol. The molecule has 33 heavy (non-hydrogen) atoms. The third-order valence-electron chi connectivity index (χ3n) is 5.70. The van der Waals surface area contributed by atoms with Crippen LogP contribution >= 0.6 is 0 Å².